The number of rotatable bonds is 12. The molecule has 0 unspecified atom stereocenters. The van der Waals surface area contributed by atoms with Gasteiger partial charge in [0.1, 0.15) is 0 Å². The summed E-state index contributed by atoms with van der Waals surface area (Å²) >= 11 is 21.2. The number of carbonyl (C=O) groups excluding carboxylic acids is 3. The van der Waals surface area contributed by atoms with E-state index in [1.54, 1.807) is 72.8 Å². The van der Waals surface area contributed by atoms with E-state index < -0.39 is 0 Å². The molecule has 0 spiro atoms. The fourth-order valence-electron chi connectivity index (χ4n) is 3.19. The van der Waals surface area contributed by atoms with Gasteiger partial charge in [-0.15, -0.1) is 0 Å². The van der Waals surface area contributed by atoms with Crippen LogP contribution in [0.25, 0.3) is 0 Å². The van der Waals surface area contributed by atoms with E-state index in [2.05, 4.69) is 30.9 Å². The lowest BCUT2D eigenvalue weighted by Gasteiger charge is -2.09. The Labute approximate surface area is 269 Å². The molecule has 216 valence electrons. The van der Waals surface area contributed by atoms with E-state index in [4.69, 9.17) is 34.8 Å². The highest BCUT2D eigenvalue weighted by Crippen LogP contribution is 2.25. The van der Waals surface area contributed by atoms with Gasteiger partial charge in [-0.2, -0.15) is 15.0 Å². The monoisotopic (exact) mass is 678 g/mol. The Hall–Kier alpha value is -3.00. The molecule has 1 heterocycles. The number of nitrogens with zero attached hydrogens (tertiary/aromatic N) is 3. The summed E-state index contributed by atoms with van der Waals surface area (Å²) in [6, 6.07) is 20.4. The standard InChI is InChI=1S/C27H21Cl3N6O3S3/c28-16-4-1-7-19(10-16)31-22(37)13-40-25-34-26(41-14-23(38)32-20-8-2-5-17(29)11-20)36-27(35-25)42-15-24(39)33-21-9-3-6-18(30)12-21/h1-12H,13-15H2,(H,31,37)(H,32,38)(H,33,39). The maximum Gasteiger partial charge on any atom is 0.234 e. The Morgan fingerprint density at radius 3 is 1.07 bits per heavy atom. The molecule has 3 amide bonds. The van der Waals surface area contributed by atoms with E-state index in [1.165, 1.54) is 0 Å². The molecule has 4 rings (SSSR count). The van der Waals surface area contributed by atoms with Gasteiger partial charge in [0.15, 0.2) is 15.5 Å². The Balaban J connectivity index is 1.40. The molecule has 4 aromatic rings. The van der Waals surface area contributed by atoms with Crippen molar-refractivity contribution in [2.75, 3.05) is 33.2 Å². The van der Waals surface area contributed by atoms with Crippen molar-refractivity contribution in [3.8, 4) is 0 Å². The summed E-state index contributed by atoms with van der Waals surface area (Å²) in [5, 5.41) is 10.6. The lowest BCUT2D eigenvalue weighted by Crippen LogP contribution is -2.16. The molecule has 1 aromatic heterocycles. The van der Waals surface area contributed by atoms with Gasteiger partial charge in [0.2, 0.25) is 17.7 Å². The first-order valence-corrected chi connectivity index (χ1v) is 16.1. The smallest absolute Gasteiger partial charge is 0.234 e. The third kappa shape index (κ3) is 11.0. The highest BCUT2D eigenvalue weighted by Gasteiger charge is 2.14. The second-order valence-corrected chi connectivity index (χ2v) is 12.4. The summed E-state index contributed by atoms with van der Waals surface area (Å²) < 4.78 is 0. The number of benzene rings is 3. The summed E-state index contributed by atoms with van der Waals surface area (Å²) in [4.78, 5) is 50.7. The molecule has 0 bridgehead atoms. The van der Waals surface area contributed by atoms with E-state index in [0.29, 0.717) is 32.1 Å². The van der Waals surface area contributed by atoms with Gasteiger partial charge < -0.3 is 16.0 Å². The topological polar surface area (TPSA) is 126 Å². The second kappa shape index (κ2) is 16.0. The number of halogens is 3. The molecule has 9 nitrogen and oxygen atoms in total. The molecule has 42 heavy (non-hydrogen) atoms. The maximum absolute atomic E-state index is 12.5. The highest BCUT2D eigenvalue weighted by atomic mass is 35.5. The van der Waals surface area contributed by atoms with E-state index in [0.717, 1.165) is 35.3 Å². The van der Waals surface area contributed by atoms with Crippen molar-refractivity contribution in [3.63, 3.8) is 0 Å². The van der Waals surface area contributed by atoms with Gasteiger partial charge in [0, 0.05) is 32.1 Å². The van der Waals surface area contributed by atoms with E-state index in [9.17, 15) is 14.4 Å². The highest BCUT2D eigenvalue weighted by molar-refractivity contribution is 8.01. The summed E-state index contributed by atoms with van der Waals surface area (Å²) in [7, 11) is 0. The van der Waals surface area contributed by atoms with E-state index >= 15 is 0 Å². The van der Waals surface area contributed by atoms with Gasteiger partial charge in [-0.25, -0.2) is 0 Å². The van der Waals surface area contributed by atoms with Crippen LogP contribution in [-0.2, 0) is 14.4 Å². The molecule has 0 fully saturated rings. The van der Waals surface area contributed by atoms with Crippen LogP contribution >= 0.6 is 70.1 Å². The predicted molar refractivity (Wildman–Crippen MR) is 172 cm³/mol. The van der Waals surface area contributed by atoms with Crippen LogP contribution in [0.3, 0.4) is 0 Å². The van der Waals surface area contributed by atoms with Crippen molar-refractivity contribution in [2.45, 2.75) is 15.5 Å². The molecule has 0 aliphatic rings. The van der Waals surface area contributed by atoms with Gasteiger partial charge in [-0.3, -0.25) is 14.4 Å². The number of hydrogen-bond acceptors (Lipinski definition) is 9. The Bertz CT molecular complexity index is 1400. The molecule has 3 N–H and O–H groups in total. The summed E-state index contributed by atoms with van der Waals surface area (Å²) in [6.07, 6.45) is 0. The van der Waals surface area contributed by atoms with Gasteiger partial charge >= 0.3 is 0 Å². The van der Waals surface area contributed by atoms with Gasteiger partial charge in [0.05, 0.1) is 17.3 Å². The Morgan fingerprint density at radius 2 is 0.810 bits per heavy atom. The molecule has 0 aliphatic carbocycles. The number of anilines is 3. The number of aromatic nitrogens is 3. The number of thioether (sulfide) groups is 3. The number of hydrogen-bond donors (Lipinski definition) is 3. The average molecular weight is 680 g/mol. The first-order valence-electron chi connectivity index (χ1n) is 12.0. The quantitative estimate of drug-likeness (QED) is 0.135. The predicted octanol–water partition coefficient (Wildman–Crippen LogP) is 7.02. The van der Waals surface area contributed by atoms with E-state index in [1.807, 2.05) is 0 Å². The first-order chi connectivity index (χ1) is 20.2. The zero-order valence-electron chi connectivity index (χ0n) is 21.5. The average Bonchev–Trinajstić information content (AvgIpc) is 2.94. The van der Waals surface area contributed by atoms with Gasteiger partial charge in [-0.1, -0.05) is 88.3 Å². The van der Waals surface area contributed by atoms with Crippen LogP contribution in [0, 0.1) is 0 Å². The lowest BCUT2D eigenvalue weighted by molar-refractivity contribution is -0.114. The van der Waals surface area contributed by atoms with Crippen LogP contribution in [-0.4, -0.2) is 49.9 Å². The molecule has 0 saturated carbocycles. The Morgan fingerprint density at radius 1 is 0.524 bits per heavy atom. The molecular formula is C27H21Cl3N6O3S3. The molecule has 0 aliphatic heterocycles. The van der Waals surface area contributed by atoms with Crippen LogP contribution in [0.2, 0.25) is 15.1 Å². The minimum absolute atomic E-state index is 0.00917. The minimum Gasteiger partial charge on any atom is -0.325 e. The molecule has 0 atom stereocenters. The summed E-state index contributed by atoms with van der Waals surface area (Å²) in [5.41, 5.74) is 1.69. The zero-order chi connectivity index (χ0) is 29.9. The third-order valence-corrected chi connectivity index (χ3v) is 8.14. The van der Waals surface area contributed by atoms with Crippen LogP contribution in [0.4, 0.5) is 17.1 Å². The van der Waals surface area contributed by atoms with Crippen molar-refractivity contribution in [1.29, 1.82) is 0 Å². The summed E-state index contributed by atoms with van der Waals surface area (Å²) in [5.74, 6) is -0.826. The Kier molecular flexibility index (Phi) is 12.2. The van der Waals surface area contributed by atoms with Crippen LogP contribution in [0.5, 0.6) is 0 Å². The van der Waals surface area contributed by atoms with Crippen LogP contribution < -0.4 is 16.0 Å². The van der Waals surface area contributed by atoms with Crippen molar-refractivity contribution in [3.05, 3.63) is 87.9 Å². The number of amides is 3. The lowest BCUT2D eigenvalue weighted by atomic mass is 10.3. The van der Waals surface area contributed by atoms with Gasteiger partial charge in [0.25, 0.3) is 0 Å². The minimum atomic E-state index is -0.284. The number of nitrogens with one attached hydrogen (secondary N) is 3. The van der Waals surface area contributed by atoms with E-state index in [-0.39, 0.29) is 50.4 Å². The van der Waals surface area contributed by atoms with Crippen molar-refractivity contribution in [2.24, 2.45) is 0 Å². The molecular weight excluding hydrogens is 659 g/mol. The molecule has 0 radical (unpaired) electrons. The number of carbonyl (C=O) groups is 3. The van der Waals surface area contributed by atoms with Crippen LogP contribution in [0.15, 0.2) is 88.3 Å². The SMILES string of the molecule is O=C(CSc1nc(SCC(=O)Nc2cccc(Cl)c2)nc(SCC(=O)Nc2cccc(Cl)c2)n1)Nc1cccc(Cl)c1. The van der Waals surface area contributed by atoms with Crippen molar-refractivity contribution < 1.29 is 14.4 Å². The molecule has 15 heteroatoms. The van der Waals surface area contributed by atoms with Crippen molar-refractivity contribution in [1.82, 2.24) is 15.0 Å². The first kappa shape index (κ1) is 31.9. The maximum atomic E-state index is 12.5. The fourth-order valence-corrected chi connectivity index (χ4v) is 5.84. The van der Waals surface area contributed by atoms with Crippen molar-refractivity contribution >= 4 is 105 Å². The second-order valence-electron chi connectivity index (χ2n) is 8.22. The fraction of sp³-hybridized carbons (Fsp3) is 0.111. The summed E-state index contributed by atoms with van der Waals surface area (Å²) in [6.45, 7) is 0. The largest absolute Gasteiger partial charge is 0.325 e. The van der Waals surface area contributed by atoms with Gasteiger partial charge in [-0.05, 0) is 54.6 Å². The molecule has 0 saturated heterocycles. The molecule has 3 aromatic carbocycles. The zero-order valence-corrected chi connectivity index (χ0v) is 26.2. The third-order valence-electron chi connectivity index (χ3n) is 4.90. The normalized spacial score (nSPS) is 10.6. The van der Waals surface area contributed by atoms with Crippen LogP contribution in [0.1, 0.15) is 0 Å².